The second-order valence-electron chi connectivity index (χ2n) is 8.10. The quantitative estimate of drug-likeness (QED) is 0.800. The summed E-state index contributed by atoms with van der Waals surface area (Å²) < 4.78 is 2.08. The molecule has 0 unspecified atom stereocenters. The molecular formula is C22H29N5O2. The zero-order chi connectivity index (χ0) is 20.5. The summed E-state index contributed by atoms with van der Waals surface area (Å²) in [7, 11) is 0. The smallest absolute Gasteiger partial charge is 0.290 e. The lowest BCUT2D eigenvalue weighted by Crippen LogP contribution is -2.49. The SMILES string of the molecule is CC(=O)N1CCc2c(nc(C(=O)N3CCN(c4ccccc4)CC3)n2C(C)C)C1. The van der Waals surface area contributed by atoms with Crippen LogP contribution < -0.4 is 4.90 Å². The van der Waals surface area contributed by atoms with Crippen LogP contribution in [0.15, 0.2) is 30.3 Å². The summed E-state index contributed by atoms with van der Waals surface area (Å²) in [4.78, 5) is 35.9. The molecule has 0 bridgehead atoms. The molecule has 0 aliphatic carbocycles. The molecule has 7 nitrogen and oxygen atoms in total. The Kier molecular flexibility index (Phi) is 5.30. The van der Waals surface area contributed by atoms with E-state index < -0.39 is 0 Å². The molecule has 29 heavy (non-hydrogen) atoms. The summed E-state index contributed by atoms with van der Waals surface area (Å²) in [5.41, 5.74) is 3.17. The van der Waals surface area contributed by atoms with Gasteiger partial charge in [0.15, 0.2) is 5.82 Å². The van der Waals surface area contributed by atoms with Gasteiger partial charge in [0, 0.05) is 63.5 Å². The summed E-state index contributed by atoms with van der Waals surface area (Å²) in [6.07, 6.45) is 0.745. The van der Waals surface area contributed by atoms with Crippen molar-refractivity contribution in [2.75, 3.05) is 37.6 Å². The second kappa shape index (κ2) is 7.89. The van der Waals surface area contributed by atoms with Crippen molar-refractivity contribution >= 4 is 17.5 Å². The first-order valence-electron chi connectivity index (χ1n) is 10.4. The number of benzene rings is 1. The number of imidazole rings is 1. The first kappa shape index (κ1) is 19.5. The largest absolute Gasteiger partial charge is 0.368 e. The molecule has 4 rings (SSSR count). The maximum Gasteiger partial charge on any atom is 0.290 e. The van der Waals surface area contributed by atoms with Crippen LogP contribution in [0.5, 0.6) is 0 Å². The van der Waals surface area contributed by atoms with E-state index in [1.54, 1.807) is 11.8 Å². The Hall–Kier alpha value is -2.83. The molecule has 7 heteroatoms. The summed E-state index contributed by atoms with van der Waals surface area (Å²) in [5.74, 6) is 0.568. The number of fused-ring (bicyclic) bond motifs is 1. The number of amides is 2. The molecule has 1 saturated heterocycles. The average molecular weight is 396 g/mol. The maximum atomic E-state index is 13.3. The van der Waals surface area contributed by atoms with E-state index in [-0.39, 0.29) is 17.9 Å². The van der Waals surface area contributed by atoms with Gasteiger partial charge in [-0.25, -0.2) is 4.98 Å². The highest BCUT2D eigenvalue weighted by atomic mass is 16.2. The van der Waals surface area contributed by atoms with Gasteiger partial charge in [-0.2, -0.15) is 0 Å². The van der Waals surface area contributed by atoms with Gasteiger partial charge in [-0.3, -0.25) is 9.59 Å². The molecule has 0 radical (unpaired) electrons. The van der Waals surface area contributed by atoms with Crippen LogP contribution in [0.2, 0.25) is 0 Å². The Morgan fingerprint density at radius 1 is 0.966 bits per heavy atom. The molecular weight excluding hydrogens is 366 g/mol. The van der Waals surface area contributed by atoms with Crippen molar-refractivity contribution in [3.8, 4) is 0 Å². The molecule has 2 amide bonds. The van der Waals surface area contributed by atoms with Crippen molar-refractivity contribution in [3.63, 3.8) is 0 Å². The van der Waals surface area contributed by atoms with Gasteiger partial charge in [-0.05, 0) is 26.0 Å². The van der Waals surface area contributed by atoms with Crippen molar-refractivity contribution in [2.45, 2.75) is 39.8 Å². The van der Waals surface area contributed by atoms with Crippen LogP contribution in [0.1, 0.15) is 48.8 Å². The molecule has 0 saturated carbocycles. The number of carbonyl (C=O) groups excluding carboxylic acids is 2. The Morgan fingerprint density at radius 2 is 1.66 bits per heavy atom. The summed E-state index contributed by atoms with van der Waals surface area (Å²) >= 11 is 0. The van der Waals surface area contributed by atoms with Gasteiger partial charge in [0.25, 0.3) is 5.91 Å². The van der Waals surface area contributed by atoms with Crippen molar-refractivity contribution < 1.29 is 9.59 Å². The number of piperazine rings is 1. The van der Waals surface area contributed by atoms with Gasteiger partial charge in [0.1, 0.15) is 0 Å². The van der Waals surface area contributed by atoms with Gasteiger partial charge in [0.05, 0.1) is 12.2 Å². The van der Waals surface area contributed by atoms with E-state index in [1.165, 1.54) is 5.69 Å². The zero-order valence-corrected chi connectivity index (χ0v) is 17.5. The number of nitrogens with zero attached hydrogens (tertiary/aromatic N) is 5. The van der Waals surface area contributed by atoms with E-state index >= 15 is 0 Å². The highest BCUT2D eigenvalue weighted by Crippen LogP contribution is 2.25. The van der Waals surface area contributed by atoms with Crippen LogP contribution >= 0.6 is 0 Å². The number of hydrogen-bond acceptors (Lipinski definition) is 4. The summed E-state index contributed by atoms with van der Waals surface area (Å²) in [5, 5.41) is 0. The standard InChI is InChI=1S/C22H29N5O2/c1-16(2)27-20-9-10-26(17(3)28)15-19(20)23-21(27)22(29)25-13-11-24(12-14-25)18-7-5-4-6-8-18/h4-8,16H,9-15H2,1-3H3. The summed E-state index contributed by atoms with van der Waals surface area (Å²) in [6, 6.07) is 10.5. The predicted octanol–water partition coefficient (Wildman–Crippen LogP) is 2.33. The fraction of sp³-hybridized carbons (Fsp3) is 0.500. The molecule has 3 heterocycles. The van der Waals surface area contributed by atoms with E-state index in [9.17, 15) is 9.59 Å². The first-order valence-corrected chi connectivity index (χ1v) is 10.4. The van der Waals surface area contributed by atoms with Crippen LogP contribution in [-0.2, 0) is 17.8 Å². The minimum Gasteiger partial charge on any atom is -0.368 e. The highest BCUT2D eigenvalue weighted by Gasteiger charge is 2.31. The van der Waals surface area contributed by atoms with Gasteiger partial charge >= 0.3 is 0 Å². The van der Waals surface area contributed by atoms with Crippen LogP contribution in [0.3, 0.4) is 0 Å². The molecule has 2 aromatic rings. The third-order valence-corrected chi connectivity index (χ3v) is 5.89. The van der Waals surface area contributed by atoms with E-state index in [4.69, 9.17) is 4.98 Å². The monoisotopic (exact) mass is 395 g/mol. The zero-order valence-electron chi connectivity index (χ0n) is 17.5. The number of carbonyl (C=O) groups is 2. The van der Waals surface area contributed by atoms with E-state index in [0.717, 1.165) is 30.9 Å². The molecule has 2 aliphatic rings. The van der Waals surface area contributed by atoms with Gasteiger partial charge < -0.3 is 19.3 Å². The number of aromatic nitrogens is 2. The fourth-order valence-electron chi connectivity index (χ4n) is 4.33. The summed E-state index contributed by atoms with van der Waals surface area (Å²) in [6.45, 7) is 9.93. The van der Waals surface area contributed by atoms with Crippen LogP contribution in [0.4, 0.5) is 5.69 Å². The van der Waals surface area contributed by atoms with Crippen molar-refractivity contribution in [2.24, 2.45) is 0 Å². The maximum absolute atomic E-state index is 13.3. The van der Waals surface area contributed by atoms with Crippen molar-refractivity contribution in [1.82, 2.24) is 19.4 Å². The number of hydrogen-bond donors (Lipinski definition) is 0. The molecule has 1 fully saturated rings. The fourth-order valence-corrected chi connectivity index (χ4v) is 4.33. The van der Waals surface area contributed by atoms with Gasteiger partial charge in [-0.1, -0.05) is 18.2 Å². The first-order chi connectivity index (χ1) is 14.0. The molecule has 1 aromatic heterocycles. The van der Waals surface area contributed by atoms with E-state index in [0.29, 0.717) is 32.0 Å². The van der Waals surface area contributed by atoms with Crippen LogP contribution in [0.25, 0.3) is 0 Å². The molecule has 0 N–H and O–H groups in total. The van der Waals surface area contributed by atoms with Crippen molar-refractivity contribution in [3.05, 3.63) is 47.5 Å². The average Bonchev–Trinajstić information content (AvgIpc) is 3.13. The lowest BCUT2D eigenvalue weighted by Gasteiger charge is -2.36. The van der Waals surface area contributed by atoms with E-state index in [1.807, 2.05) is 23.1 Å². The number of rotatable bonds is 3. The number of anilines is 1. The van der Waals surface area contributed by atoms with Crippen LogP contribution in [0, 0.1) is 0 Å². The topological polar surface area (TPSA) is 61.7 Å². The lowest BCUT2D eigenvalue weighted by atomic mass is 10.1. The highest BCUT2D eigenvalue weighted by molar-refractivity contribution is 5.91. The van der Waals surface area contributed by atoms with Crippen LogP contribution in [-0.4, -0.2) is 63.9 Å². The van der Waals surface area contributed by atoms with Gasteiger partial charge in [0.2, 0.25) is 5.91 Å². The predicted molar refractivity (Wildman–Crippen MR) is 112 cm³/mol. The minimum absolute atomic E-state index is 0.00446. The Balaban J connectivity index is 1.53. The Bertz CT molecular complexity index is 897. The lowest BCUT2D eigenvalue weighted by molar-refractivity contribution is -0.129. The molecule has 2 aliphatic heterocycles. The normalized spacial score (nSPS) is 16.9. The third kappa shape index (κ3) is 3.73. The van der Waals surface area contributed by atoms with Gasteiger partial charge in [-0.15, -0.1) is 0 Å². The minimum atomic E-state index is -0.00446. The molecule has 154 valence electrons. The Labute approximate surface area is 171 Å². The molecule has 0 atom stereocenters. The van der Waals surface area contributed by atoms with Crippen molar-refractivity contribution in [1.29, 1.82) is 0 Å². The third-order valence-electron chi connectivity index (χ3n) is 5.89. The van der Waals surface area contributed by atoms with E-state index in [2.05, 4.69) is 35.4 Å². The number of para-hydroxylation sites is 1. The molecule has 1 aromatic carbocycles. The second-order valence-corrected chi connectivity index (χ2v) is 8.10. The molecule has 0 spiro atoms. The Morgan fingerprint density at radius 3 is 2.28 bits per heavy atom.